The fourth-order valence-corrected chi connectivity index (χ4v) is 3.75. The summed E-state index contributed by atoms with van der Waals surface area (Å²) >= 11 is 0. The van der Waals surface area contributed by atoms with Crippen LogP contribution in [0.4, 0.5) is 0 Å². The standard InChI is InChI=1S/C27H34N2O2.ClH/c1-3-5-7-22-9-13-24(14-10-22)26(30)19-28-17-18-29(21-28)20-27(31)25-15-11-23(12-16-25)8-6-4-2;/h9-18H,3-8,19-21H2,1-2H3;1H. The number of hydrogen-bond acceptors (Lipinski definition) is 4. The summed E-state index contributed by atoms with van der Waals surface area (Å²) < 4.78 is 0. The highest BCUT2D eigenvalue weighted by atomic mass is 35.5. The first-order valence-corrected chi connectivity index (χ1v) is 11.5. The first-order chi connectivity index (χ1) is 15.1. The molecule has 0 aliphatic carbocycles. The molecule has 1 heterocycles. The Balaban J connectivity index is 0.00000363. The topological polar surface area (TPSA) is 40.6 Å². The lowest BCUT2D eigenvalue weighted by Gasteiger charge is -2.20. The minimum atomic E-state index is 0. The normalized spacial score (nSPS) is 12.7. The molecular weight excluding hydrogens is 420 g/mol. The van der Waals surface area contributed by atoms with Crippen molar-refractivity contribution in [2.75, 3.05) is 19.8 Å². The molecule has 0 saturated heterocycles. The lowest BCUT2D eigenvalue weighted by molar-refractivity contribution is 0.0921. The van der Waals surface area contributed by atoms with E-state index in [1.54, 1.807) is 0 Å². The Morgan fingerprint density at radius 2 is 1.06 bits per heavy atom. The number of unbranched alkanes of at least 4 members (excludes halogenated alkanes) is 2. The minimum absolute atomic E-state index is 0. The van der Waals surface area contributed by atoms with Crippen molar-refractivity contribution in [3.05, 3.63) is 83.2 Å². The quantitative estimate of drug-likeness (QED) is 0.374. The summed E-state index contributed by atoms with van der Waals surface area (Å²) in [5, 5.41) is 0. The molecule has 4 nitrogen and oxygen atoms in total. The van der Waals surface area contributed by atoms with Crippen molar-refractivity contribution < 1.29 is 9.59 Å². The van der Waals surface area contributed by atoms with Gasteiger partial charge in [0, 0.05) is 23.5 Å². The van der Waals surface area contributed by atoms with Gasteiger partial charge in [0.05, 0.1) is 19.8 Å². The number of aryl methyl sites for hydroxylation is 2. The van der Waals surface area contributed by atoms with Gasteiger partial charge in [0.25, 0.3) is 0 Å². The lowest BCUT2D eigenvalue weighted by Crippen LogP contribution is -2.32. The summed E-state index contributed by atoms with van der Waals surface area (Å²) in [4.78, 5) is 29.2. The second kappa shape index (κ2) is 13.1. The maximum Gasteiger partial charge on any atom is 0.182 e. The summed E-state index contributed by atoms with van der Waals surface area (Å²) in [5.41, 5.74) is 4.04. The smallest absolute Gasteiger partial charge is 0.182 e. The van der Waals surface area contributed by atoms with E-state index in [2.05, 4.69) is 38.1 Å². The van der Waals surface area contributed by atoms with Crippen LogP contribution in [0.1, 0.15) is 71.4 Å². The van der Waals surface area contributed by atoms with E-state index in [1.807, 2.05) is 46.5 Å². The minimum Gasteiger partial charge on any atom is -0.351 e. The van der Waals surface area contributed by atoms with Crippen LogP contribution in [-0.4, -0.2) is 41.1 Å². The summed E-state index contributed by atoms with van der Waals surface area (Å²) in [6, 6.07) is 15.9. The largest absolute Gasteiger partial charge is 0.351 e. The molecular formula is C27H35ClN2O2. The third kappa shape index (κ3) is 7.52. The monoisotopic (exact) mass is 454 g/mol. The zero-order chi connectivity index (χ0) is 22.1. The number of Topliss-reactive ketones (excluding diaryl/α,β-unsaturated/α-hetero) is 2. The number of rotatable bonds is 12. The van der Waals surface area contributed by atoms with Crippen LogP contribution in [0.3, 0.4) is 0 Å². The predicted molar refractivity (Wildman–Crippen MR) is 133 cm³/mol. The maximum atomic E-state index is 12.6. The molecule has 0 bridgehead atoms. The van der Waals surface area contributed by atoms with Crippen molar-refractivity contribution in [2.24, 2.45) is 0 Å². The summed E-state index contributed by atoms with van der Waals surface area (Å²) in [7, 11) is 0. The van der Waals surface area contributed by atoms with E-state index in [0.29, 0.717) is 19.8 Å². The fraction of sp³-hybridized carbons (Fsp3) is 0.407. The van der Waals surface area contributed by atoms with Crippen LogP contribution in [0, 0.1) is 0 Å². The van der Waals surface area contributed by atoms with Crippen LogP contribution < -0.4 is 0 Å². The summed E-state index contributed by atoms with van der Waals surface area (Å²) in [6.07, 6.45) is 10.6. The van der Waals surface area contributed by atoms with Gasteiger partial charge in [0.2, 0.25) is 0 Å². The molecule has 5 heteroatoms. The van der Waals surface area contributed by atoms with Gasteiger partial charge in [-0.2, -0.15) is 0 Å². The van der Waals surface area contributed by atoms with Gasteiger partial charge < -0.3 is 9.80 Å². The van der Waals surface area contributed by atoms with Crippen LogP contribution in [-0.2, 0) is 12.8 Å². The molecule has 3 rings (SSSR count). The summed E-state index contributed by atoms with van der Waals surface area (Å²) in [5.74, 6) is 0.199. The predicted octanol–water partition coefficient (Wildman–Crippen LogP) is 5.91. The van der Waals surface area contributed by atoms with Crippen molar-refractivity contribution in [1.82, 2.24) is 9.80 Å². The molecule has 0 N–H and O–H groups in total. The average Bonchev–Trinajstić information content (AvgIpc) is 3.23. The van der Waals surface area contributed by atoms with Crippen molar-refractivity contribution >= 4 is 24.0 Å². The van der Waals surface area contributed by atoms with Gasteiger partial charge in [-0.05, 0) is 36.8 Å². The molecule has 0 saturated carbocycles. The van der Waals surface area contributed by atoms with Crippen LogP contribution in [0.2, 0.25) is 0 Å². The molecule has 2 aromatic rings. The van der Waals surface area contributed by atoms with Crippen LogP contribution in [0.5, 0.6) is 0 Å². The van der Waals surface area contributed by atoms with E-state index in [4.69, 9.17) is 0 Å². The Hall–Kier alpha value is -2.59. The zero-order valence-corrected chi connectivity index (χ0v) is 20.1. The van der Waals surface area contributed by atoms with E-state index in [1.165, 1.54) is 36.8 Å². The van der Waals surface area contributed by atoms with Crippen molar-refractivity contribution in [2.45, 2.75) is 52.4 Å². The molecule has 1 aliphatic heterocycles. The highest BCUT2D eigenvalue weighted by Gasteiger charge is 2.19. The Morgan fingerprint density at radius 3 is 1.41 bits per heavy atom. The second-order valence-corrected chi connectivity index (χ2v) is 8.38. The number of carbonyl (C=O) groups excluding carboxylic acids is 2. The van der Waals surface area contributed by atoms with Gasteiger partial charge in [0.1, 0.15) is 0 Å². The number of carbonyl (C=O) groups is 2. The molecule has 32 heavy (non-hydrogen) atoms. The molecule has 0 fully saturated rings. The van der Waals surface area contributed by atoms with Crippen molar-refractivity contribution in [1.29, 1.82) is 0 Å². The molecule has 0 aromatic heterocycles. The van der Waals surface area contributed by atoms with Crippen LogP contribution in [0.25, 0.3) is 0 Å². The number of nitrogens with zero attached hydrogens (tertiary/aromatic N) is 2. The summed E-state index contributed by atoms with van der Waals surface area (Å²) in [6.45, 7) is 5.56. The number of halogens is 1. The van der Waals surface area contributed by atoms with E-state index in [0.717, 1.165) is 24.0 Å². The van der Waals surface area contributed by atoms with Gasteiger partial charge >= 0.3 is 0 Å². The molecule has 172 valence electrons. The average molecular weight is 455 g/mol. The molecule has 0 radical (unpaired) electrons. The highest BCUT2D eigenvalue weighted by Crippen LogP contribution is 2.14. The van der Waals surface area contributed by atoms with Gasteiger partial charge in [-0.15, -0.1) is 12.4 Å². The van der Waals surface area contributed by atoms with Crippen molar-refractivity contribution in [3.8, 4) is 0 Å². The maximum absolute atomic E-state index is 12.6. The van der Waals surface area contributed by atoms with E-state index >= 15 is 0 Å². The van der Waals surface area contributed by atoms with Gasteiger partial charge in [-0.3, -0.25) is 9.59 Å². The van der Waals surface area contributed by atoms with E-state index < -0.39 is 0 Å². The number of hydrogen-bond donors (Lipinski definition) is 0. The van der Waals surface area contributed by atoms with Crippen LogP contribution in [0.15, 0.2) is 60.9 Å². The van der Waals surface area contributed by atoms with Gasteiger partial charge in [-0.25, -0.2) is 0 Å². The number of benzene rings is 2. The van der Waals surface area contributed by atoms with Crippen molar-refractivity contribution in [3.63, 3.8) is 0 Å². The Kier molecular flexibility index (Phi) is 10.5. The molecule has 0 spiro atoms. The Morgan fingerprint density at radius 1 is 0.688 bits per heavy atom. The third-order valence-electron chi connectivity index (χ3n) is 5.73. The number of ketones is 2. The van der Waals surface area contributed by atoms with E-state index in [9.17, 15) is 9.59 Å². The molecule has 1 aliphatic rings. The van der Waals surface area contributed by atoms with Gasteiger partial charge in [0.15, 0.2) is 11.6 Å². The molecule has 0 atom stereocenters. The van der Waals surface area contributed by atoms with Gasteiger partial charge in [-0.1, -0.05) is 75.2 Å². The SMILES string of the molecule is CCCCc1ccc(C(=O)CN2C=CN(CC(=O)c3ccc(CCCC)cc3)C2)cc1.Cl. The Bertz CT molecular complexity index is 817. The Labute approximate surface area is 198 Å². The van der Waals surface area contributed by atoms with E-state index in [-0.39, 0.29) is 24.0 Å². The fourth-order valence-electron chi connectivity index (χ4n) is 3.75. The highest BCUT2D eigenvalue weighted by molar-refractivity contribution is 5.98. The first kappa shape index (κ1) is 25.7. The second-order valence-electron chi connectivity index (χ2n) is 8.38. The molecule has 0 unspecified atom stereocenters. The molecule has 2 aromatic carbocycles. The molecule has 0 amide bonds. The van der Waals surface area contributed by atoms with Crippen LogP contribution >= 0.6 is 12.4 Å². The lowest BCUT2D eigenvalue weighted by atomic mass is 10.0. The zero-order valence-electron chi connectivity index (χ0n) is 19.3. The third-order valence-corrected chi connectivity index (χ3v) is 5.73. The first-order valence-electron chi connectivity index (χ1n) is 11.5.